The number of aromatic nitrogens is 3. The van der Waals surface area contributed by atoms with Crippen LogP contribution in [0.2, 0.25) is 18.1 Å². The predicted octanol–water partition coefficient (Wildman–Crippen LogP) is 7.04. The van der Waals surface area contributed by atoms with Gasteiger partial charge in [-0.05, 0) is 79.4 Å². The number of fused-ring (bicyclic) bond motifs is 1. The molecule has 194 valence electrons. The molecule has 1 aliphatic heterocycles. The van der Waals surface area contributed by atoms with E-state index in [1.165, 1.54) is 0 Å². The van der Waals surface area contributed by atoms with Gasteiger partial charge in [0.1, 0.15) is 5.75 Å². The van der Waals surface area contributed by atoms with Crippen LogP contribution < -0.4 is 4.43 Å². The summed E-state index contributed by atoms with van der Waals surface area (Å²) in [5, 5.41) is 6.11. The van der Waals surface area contributed by atoms with Crippen LogP contribution in [-0.4, -0.2) is 46.4 Å². The molecule has 0 aliphatic carbocycles. The zero-order valence-electron chi connectivity index (χ0n) is 22.4. The number of hydrogen-bond donors (Lipinski definition) is 0. The molecular formula is C27H38N4O3SSi. The maximum atomic E-state index is 11.9. The second-order valence-corrected chi connectivity index (χ2v) is 18.5. The number of rotatable bonds is 6. The number of benzene rings is 1. The molecule has 0 bridgehead atoms. The summed E-state index contributed by atoms with van der Waals surface area (Å²) in [4.78, 5) is 4.34. The third kappa shape index (κ3) is 6.25. The first-order valence-corrected chi connectivity index (χ1v) is 17.7. The number of pyridine rings is 1. The minimum absolute atomic E-state index is 0.0592. The van der Waals surface area contributed by atoms with Gasteiger partial charge in [-0.3, -0.25) is 0 Å². The standard InChI is InChI=1S/C27H38N4O3SSi/c1-27(2,3)36(6,7)34-21-13-15-24-22(18-21)23(29-31(24)26-10-8-9-17-33-26)14-11-20-12-16-25(28-19-20)30-35(4,5)32/h11-16,18-19,26H,8-10,17H2,1-7H3/b14-11+. The third-order valence-electron chi connectivity index (χ3n) is 6.83. The predicted molar refractivity (Wildman–Crippen MR) is 152 cm³/mol. The van der Waals surface area contributed by atoms with Crippen LogP contribution in [0.1, 0.15) is 57.5 Å². The van der Waals surface area contributed by atoms with Crippen LogP contribution in [0.15, 0.2) is 40.9 Å². The smallest absolute Gasteiger partial charge is 0.250 e. The Morgan fingerprint density at radius 1 is 1.17 bits per heavy atom. The van der Waals surface area contributed by atoms with E-state index >= 15 is 0 Å². The average molecular weight is 527 g/mol. The first kappa shape index (κ1) is 26.6. The normalized spacial score (nSPS) is 17.6. The highest BCUT2D eigenvalue weighted by Gasteiger charge is 2.39. The fourth-order valence-corrected chi connectivity index (χ4v) is 5.45. The lowest BCUT2D eigenvalue weighted by atomic mass is 10.1. The second kappa shape index (κ2) is 10.1. The quantitative estimate of drug-likeness (QED) is 0.322. The summed E-state index contributed by atoms with van der Waals surface area (Å²) < 4.78 is 30.8. The SMILES string of the molecule is CC(C)(C)[Si](C)(C)Oc1ccc2c(c1)c(/C=C/c1ccc(N=S(C)(C)=O)nc1)nn2C1CCCCO1. The Morgan fingerprint density at radius 3 is 2.56 bits per heavy atom. The van der Waals surface area contributed by atoms with Gasteiger partial charge in [-0.1, -0.05) is 26.8 Å². The summed E-state index contributed by atoms with van der Waals surface area (Å²) in [6.07, 6.45) is 12.0. The van der Waals surface area contributed by atoms with Crippen molar-refractivity contribution in [3.63, 3.8) is 0 Å². The Bertz CT molecular complexity index is 1370. The first-order chi connectivity index (χ1) is 16.8. The average Bonchev–Trinajstić information content (AvgIpc) is 3.15. The largest absolute Gasteiger partial charge is 0.543 e. The lowest BCUT2D eigenvalue weighted by molar-refractivity contribution is -0.0367. The van der Waals surface area contributed by atoms with Crippen LogP contribution in [-0.2, 0) is 14.5 Å². The highest BCUT2D eigenvalue weighted by molar-refractivity contribution is 7.92. The van der Waals surface area contributed by atoms with Crippen molar-refractivity contribution >= 4 is 46.9 Å². The Labute approximate surface area is 216 Å². The fraction of sp³-hybridized carbons (Fsp3) is 0.481. The Balaban J connectivity index is 1.71. The minimum atomic E-state index is -2.24. The van der Waals surface area contributed by atoms with E-state index in [4.69, 9.17) is 14.3 Å². The van der Waals surface area contributed by atoms with E-state index in [9.17, 15) is 4.21 Å². The van der Waals surface area contributed by atoms with Crippen molar-refractivity contribution in [1.82, 2.24) is 14.8 Å². The van der Waals surface area contributed by atoms with Crippen molar-refractivity contribution < 1.29 is 13.4 Å². The fourth-order valence-electron chi connectivity index (χ4n) is 3.86. The molecule has 3 heterocycles. The van der Waals surface area contributed by atoms with E-state index in [1.54, 1.807) is 24.8 Å². The van der Waals surface area contributed by atoms with Gasteiger partial charge >= 0.3 is 0 Å². The van der Waals surface area contributed by atoms with Crippen LogP contribution >= 0.6 is 0 Å². The molecule has 1 atom stereocenters. The molecule has 9 heteroatoms. The minimum Gasteiger partial charge on any atom is -0.543 e. The van der Waals surface area contributed by atoms with Gasteiger partial charge in [0.15, 0.2) is 12.0 Å². The molecule has 0 saturated carbocycles. The van der Waals surface area contributed by atoms with E-state index < -0.39 is 18.0 Å². The van der Waals surface area contributed by atoms with E-state index in [0.29, 0.717) is 5.82 Å². The van der Waals surface area contributed by atoms with E-state index in [-0.39, 0.29) is 11.3 Å². The highest BCUT2D eigenvalue weighted by Crippen LogP contribution is 2.38. The number of hydrogen-bond acceptors (Lipinski definition) is 6. The molecule has 0 spiro atoms. The molecule has 4 rings (SSSR count). The molecule has 36 heavy (non-hydrogen) atoms. The molecule has 2 aromatic heterocycles. The van der Waals surface area contributed by atoms with E-state index in [0.717, 1.165) is 53.8 Å². The van der Waals surface area contributed by atoms with Crippen molar-refractivity contribution in [3.05, 3.63) is 47.8 Å². The number of nitrogens with zero attached hydrogens (tertiary/aromatic N) is 4. The summed E-state index contributed by atoms with van der Waals surface area (Å²) in [7, 11) is -4.22. The van der Waals surface area contributed by atoms with Gasteiger partial charge in [0.2, 0.25) is 8.32 Å². The Hall–Kier alpha value is -2.49. The van der Waals surface area contributed by atoms with Crippen LogP contribution in [0.4, 0.5) is 5.82 Å². The van der Waals surface area contributed by atoms with Gasteiger partial charge in [-0.25, -0.2) is 13.9 Å². The summed E-state index contributed by atoms with van der Waals surface area (Å²) in [6.45, 7) is 12.0. The Kier molecular flexibility index (Phi) is 7.46. The van der Waals surface area contributed by atoms with E-state index in [2.05, 4.69) is 61.4 Å². The van der Waals surface area contributed by atoms with Crippen LogP contribution in [0.3, 0.4) is 0 Å². The maximum absolute atomic E-state index is 11.9. The van der Waals surface area contributed by atoms with E-state index in [1.807, 2.05) is 22.9 Å². The molecule has 1 unspecified atom stereocenters. The van der Waals surface area contributed by atoms with Gasteiger partial charge in [-0.2, -0.15) is 9.46 Å². The zero-order chi connectivity index (χ0) is 26.1. The van der Waals surface area contributed by atoms with Crippen molar-refractivity contribution in [2.24, 2.45) is 4.36 Å². The highest BCUT2D eigenvalue weighted by atomic mass is 32.2. The molecule has 1 saturated heterocycles. The second-order valence-electron chi connectivity index (χ2n) is 11.2. The molecule has 3 aromatic rings. The summed E-state index contributed by atoms with van der Waals surface area (Å²) >= 11 is 0. The molecule has 0 amide bonds. The van der Waals surface area contributed by atoms with Crippen LogP contribution in [0.25, 0.3) is 23.1 Å². The van der Waals surface area contributed by atoms with Crippen molar-refractivity contribution in [1.29, 1.82) is 0 Å². The van der Waals surface area contributed by atoms with Gasteiger partial charge < -0.3 is 9.16 Å². The molecule has 1 aliphatic rings. The van der Waals surface area contributed by atoms with Crippen LogP contribution in [0.5, 0.6) is 5.75 Å². The summed E-state index contributed by atoms with van der Waals surface area (Å²) in [6, 6.07) is 9.97. The number of ether oxygens (including phenoxy) is 1. The Morgan fingerprint density at radius 2 is 1.94 bits per heavy atom. The molecule has 0 radical (unpaired) electrons. The van der Waals surface area contributed by atoms with Crippen molar-refractivity contribution in [3.8, 4) is 5.75 Å². The maximum Gasteiger partial charge on any atom is 0.250 e. The molecule has 7 nitrogen and oxygen atoms in total. The molecular weight excluding hydrogens is 488 g/mol. The van der Waals surface area contributed by atoms with Gasteiger partial charge in [-0.15, -0.1) is 0 Å². The first-order valence-electron chi connectivity index (χ1n) is 12.5. The topological polar surface area (TPSA) is 78.6 Å². The third-order valence-corrected chi connectivity index (χ3v) is 11.8. The van der Waals surface area contributed by atoms with Crippen LogP contribution in [0, 0.1) is 0 Å². The summed E-state index contributed by atoms with van der Waals surface area (Å²) in [5.74, 6) is 1.35. The summed E-state index contributed by atoms with van der Waals surface area (Å²) in [5.41, 5.74) is 2.81. The molecule has 1 fully saturated rings. The van der Waals surface area contributed by atoms with Gasteiger partial charge in [0.25, 0.3) is 0 Å². The van der Waals surface area contributed by atoms with Crippen molar-refractivity contribution in [2.75, 3.05) is 19.1 Å². The lowest BCUT2D eigenvalue weighted by Crippen LogP contribution is -2.43. The van der Waals surface area contributed by atoms with Gasteiger partial charge in [0, 0.05) is 40.4 Å². The molecule has 1 aromatic carbocycles. The van der Waals surface area contributed by atoms with Crippen molar-refractivity contribution in [2.45, 2.75) is 64.4 Å². The van der Waals surface area contributed by atoms with Gasteiger partial charge in [0.05, 0.1) is 11.2 Å². The monoisotopic (exact) mass is 526 g/mol. The zero-order valence-corrected chi connectivity index (χ0v) is 24.3. The lowest BCUT2D eigenvalue weighted by Gasteiger charge is -2.36. The molecule has 0 N–H and O–H groups in total.